The zero-order valence-electron chi connectivity index (χ0n) is 25.0. The van der Waals surface area contributed by atoms with Gasteiger partial charge < -0.3 is 9.80 Å². The highest BCUT2D eigenvalue weighted by Gasteiger charge is 2.30. The van der Waals surface area contributed by atoms with Gasteiger partial charge in [0.1, 0.15) is 23.0 Å². The van der Waals surface area contributed by atoms with Gasteiger partial charge in [0.05, 0.1) is 17.5 Å². The molecule has 0 radical (unpaired) electrons. The maximum Gasteiger partial charge on any atom is 0.351 e. The fourth-order valence-corrected chi connectivity index (χ4v) is 6.92. The van der Waals surface area contributed by atoms with Crippen molar-refractivity contribution >= 4 is 44.2 Å². The topological polar surface area (TPSA) is 84.2 Å². The molecule has 0 unspecified atom stereocenters. The van der Waals surface area contributed by atoms with Crippen LogP contribution in [0.5, 0.6) is 0 Å². The van der Waals surface area contributed by atoms with Crippen LogP contribution in [0.15, 0.2) is 59.4 Å². The van der Waals surface area contributed by atoms with E-state index in [0.29, 0.717) is 29.7 Å². The molecule has 0 spiro atoms. The first-order valence-electron chi connectivity index (χ1n) is 14.5. The van der Waals surface area contributed by atoms with Gasteiger partial charge in [-0.15, -0.1) is 11.3 Å². The Labute approximate surface area is 257 Å². The maximum atomic E-state index is 16.1. The molecule has 6 rings (SSSR count). The molecule has 1 aliphatic rings. The zero-order chi connectivity index (χ0) is 31.3. The number of rotatable bonds is 6. The van der Waals surface area contributed by atoms with Crippen LogP contribution in [0.4, 0.5) is 14.6 Å². The minimum absolute atomic E-state index is 0.0552. The molecule has 1 fully saturated rings. The number of carbonyl (C=O) groups is 1. The number of hydrogen-bond acceptors (Lipinski definition) is 7. The van der Waals surface area contributed by atoms with Crippen LogP contribution in [0.1, 0.15) is 43.5 Å². The van der Waals surface area contributed by atoms with Crippen molar-refractivity contribution in [1.82, 2.24) is 24.4 Å². The summed E-state index contributed by atoms with van der Waals surface area (Å²) in [4.78, 5) is 43.6. The predicted molar refractivity (Wildman–Crippen MR) is 170 cm³/mol. The average molecular weight is 615 g/mol. The summed E-state index contributed by atoms with van der Waals surface area (Å²) in [6, 6.07) is 7.75. The van der Waals surface area contributed by atoms with Crippen molar-refractivity contribution in [3.8, 4) is 11.3 Å². The molecule has 1 saturated heterocycles. The third kappa shape index (κ3) is 5.04. The van der Waals surface area contributed by atoms with E-state index in [1.807, 2.05) is 50.1 Å². The number of anilines is 1. The van der Waals surface area contributed by atoms with Gasteiger partial charge in [-0.25, -0.2) is 18.6 Å². The van der Waals surface area contributed by atoms with Crippen LogP contribution in [-0.4, -0.2) is 56.0 Å². The molecular formula is C33H32F2N6O2S. The predicted octanol–water partition coefficient (Wildman–Crippen LogP) is 6.05. The van der Waals surface area contributed by atoms with E-state index in [0.717, 1.165) is 22.2 Å². The van der Waals surface area contributed by atoms with E-state index in [1.54, 1.807) is 17.2 Å². The van der Waals surface area contributed by atoms with Gasteiger partial charge in [0, 0.05) is 42.3 Å². The lowest BCUT2D eigenvalue weighted by atomic mass is 9.99. The van der Waals surface area contributed by atoms with Crippen molar-refractivity contribution in [2.75, 3.05) is 24.5 Å². The monoisotopic (exact) mass is 614 g/mol. The van der Waals surface area contributed by atoms with Crippen molar-refractivity contribution in [1.29, 1.82) is 0 Å². The smallest absolute Gasteiger partial charge is 0.350 e. The van der Waals surface area contributed by atoms with E-state index in [2.05, 4.69) is 16.5 Å². The number of hydrogen-bond donors (Lipinski definition) is 0. The summed E-state index contributed by atoms with van der Waals surface area (Å²) in [5.74, 6) is -1.14. The van der Waals surface area contributed by atoms with Gasteiger partial charge in [-0.1, -0.05) is 26.5 Å². The number of aryl methyl sites for hydroxylation is 1. The molecule has 11 heteroatoms. The lowest BCUT2D eigenvalue weighted by Gasteiger charge is -2.40. The Balaban J connectivity index is 1.60. The van der Waals surface area contributed by atoms with E-state index in [4.69, 9.17) is 4.98 Å². The highest BCUT2D eigenvalue weighted by Crippen LogP contribution is 2.37. The van der Waals surface area contributed by atoms with Gasteiger partial charge in [-0.2, -0.15) is 4.98 Å². The summed E-state index contributed by atoms with van der Waals surface area (Å²) >= 11 is 1.30. The highest BCUT2D eigenvalue weighted by atomic mass is 32.1. The van der Waals surface area contributed by atoms with Crippen LogP contribution in [-0.2, 0) is 11.3 Å². The van der Waals surface area contributed by atoms with E-state index in [9.17, 15) is 9.59 Å². The molecule has 1 atom stereocenters. The van der Waals surface area contributed by atoms with Crippen LogP contribution in [0, 0.1) is 18.6 Å². The van der Waals surface area contributed by atoms with Crippen LogP contribution in [0.3, 0.4) is 0 Å². The van der Waals surface area contributed by atoms with Gasteiger partial charge in [0.25, 0.3) is 0 Å². The first-order valence-corrected chi connectivity index (χ1v) is 15.4. The highest BCUT2D eigenvalue weighted by molar-refractivity contribution is 7.17. The summed E-state index contributed by atoms with van der Waals surface area (Å²) in [6.45, 7) is 12.8. The van der Waals surface area contributed by atoms with E-state index >= 15 is 8.78 Å². The van der Waals surface area contributed by atoms with Gasteiger partial charge in [0.15, 0.2) is 5.82 Å². The largest absolute Gasteiger partial charge is 0.351 e. The zero-order valence-corrected chi connectivity index (χ0v) is 25.8. The number of fused-ring (bicyclic) bond motifs is 2. The molecule has 44 heavy (non-hydrogen) atoms. The fraction of sp³-hybridized carbons (Fsp3) is 0.303. The molecule has 5 aromatic rings. The van der Waals surface area contributed by atoms with E-state index < -0.39 is 17.3 Å². The Morgan fingerprint density at radius 3 is 2.68 bits per heavy atom. The molecule has 0 bridgehead atoms. The van der Waals surface area contributed by atoms with Gasteiger partial charge in [-0.3, -0.25) is 14.3 Å². The Kier molecular flexibility index (Phi) is 7.75. The number of amides is 1. The first kappa shape index (κ1) is 29.6. The summed E-state index contributed by atoms with van der Waals surface area (Å²) in [5.41, 5.74) is 2.14. The standard InChI is InChI=1S/C33H32F2N6O2S/c1-6-26(42)39-12-13-40(20(5)16-39)32-22-15-25(35)29(27-24(34)8-7-21-10-14-44-30(21)27)37-31(22)41(33(43)38-32)17-23-19(4)9-11-36-28(23)18(2)3/h6-11,14-15,18,20H,1,12-13,16-17H2,2-5H3/t20-/m0/s1. The molecule has 5 heterocycles. The molecule has 4 aromatic heterocycles. The van der Waals surface area contributed by atoms with Crippen LogP contribution >= 0.6 is 11.3 Å². The third-order valence-corrected chi connectivity index (χ3v) is 9.21. The summed E-state index contributed by atoms with van der Waals surface area (Å²) < 4.78 is 33.5. The van der Waals surface area contributed by atoms with Crippen molar-refractivity contribution in [2.24, 2.45) is 0 Å². The second-order valence-electron chi connectivity index (χ2n) is 11.4. The molecule has 0 aliphatic carbocycles. The van der Waals surface area contributed by atoms with E-state index in [1.165, 1.54) is 34.1 Å². The average Bonchev–Trinajstić information content (AvgIpc) is 3.47. The van der Waals surface area contributed by atoms with Crippen molar-refractivity contribution in [3.63, 3.8) is 0 Å². The molecule has 0 saturated carbocycles. The fourth-order valence-electron chi connectivity index (χ4n) is 5.99. The Hall–Kier alpha value is -4.51. The number of pyridine rings is 2. The lowest BCUT2D eigenvalue weighted by molar-refractivity contribution is -0.126. The maximum absolute atomic E-state index is 16.1. The Morgan fingerprint density at radius 2 is 1.95 bits per heavy atom. The van der Waals surface area contributed by atoms with E-state index in [-0.39, 0.29) is 47.1 Å². The van der Waals surface area contributed by atoms with Gasteiger partial charge in [0.2, 0.25) is 5.91 Å². The molecule has 1 aromatic carbocycles. The van der Waals surface area contributed by atoms with Crippen molar-refractivity contribution in [2.45, 2.75) is 46.2 Å². The number of thiophene rings is 1. The molecule has 1 amide bonds. The minimum atomic E-state index is -0.723. The number of benzene rings is 1. The molecular weight excluding hydrogens is 582 g/mol. The second kappa shape index (κ2) is 11.5. The SMILES string of the molecule is C=CC(=O)N1CCN(c2nc(=O)n(Cc3c(C)ccnc3C(C)C)c3nc(-c4c(F)ccc5ccsc45)c(F)cc23)[C@@H](C)C1. The van der Waals surface area contributed by atoms with Gasteiger partial charge in [-0.05, 0) is 72.0 Å². The van der Waals surface area contributed by atoms with Crippen LogP contribution < -0.4 is 10.6 Å². The summed E-state index contributed by atoms with van der Waals surface area (Å²) in [6.07, 6.45) is 3.02. The molecule has 0 N–H and O–H groups in total. The number of nitrogens with zero attached hydrogens (tertiary/aromatic N) is 6. The molecule has 8 nitrogen and oxygen atoms in total. The lowest BCUT2D eigenvalue weighted by Crippen LogP contribution is -2.54. The Bertz CT molecular complexity index is 2000. The second-order valence-corrected chi connectivity index (χ2v) is 12.3. The Morgan fingerprint density at radius 1 is 1.16 bits per heavy atom. The number of aromatic nitrogens is 4. The van der Waals surface area contributed by atoms with Gasteiger partial charge >= 0.3 is 5.69 Å². The van der Waals surface area contributed by atoms with Crippen LogP contribution in [0.2, 0.25) is 0 Å². The normalized spacial score (nSPS) is 15.5. The summed E-state index contributed by atoms with van der Waals surface area (Å²) in [7, 11) is 0. The number of piperazine rings is 1. The van der Waals surface area contributed by atoms with Crippen molar-refractivity contribution in [3.05, 3.63) is 93.5 Å². The van der Waals surface area contributed by atoms with Crippen molar-refractivity contribution < 1.29 is 13.6 Å². The first-order chi connectivity index (χ1) is 21.1. The summed E-state index contributed by atoms with van der Waals surface area (Å²) in [5, 5.41) is 2.92. The number of halogens is 2. The van der Waals surface area contributed by atoms with Crippen LogP contribution in [0.25, 0.3) is 32.4 Å². The minimum Gasteiger partial charge on any atom is -0.350 e. The number of carbonyl (C=O) groups excluding carboxylic acids is 1. The quantitative estimate of drug-likeness (QED) is 0.217. The molecule has 1 aliphatic heterocycles. The molecule has 226 valence electrons. The third-order valence-electron chi connectivity index (χ3n) is 8.26.